The molecule has 0 amide bonds. The number of hydrogen-bond acceptors (Lipinski definition) is 0. The van der Waals surface area contributed by atoms with E-state index in [0.29, 0.717) is 35.2 Å². The van der Waals surface area contributed by atoms with Crippen LogP contribution in [0.15, 0.2) is 72.7 Å². The van der Waals surface area contributed by atoms with Gasteiger partial charge in [0.1, 0.15) is 5.83 Å². The van der Waals surface area contributed by atoms with Crippen LogP contribution >= 0.6 is 0 Å². The molecule has 0 aliphatic heterocycles. The van der Waals surface area contributed by atoms with Crippen molar-refractivity contribution in [1.82, 2.24) is 0 Å². The summed E-state index contributed by atoms with van der Waals surface area (Å²) in [6.45, 7) is 34.2. The van der Waals surface area contributed by atoms with Crippen LogP contribution in [0.3, 0.4) is 0 Å². The highest BCUT2D eigenvalue weighted by Gasteiger charge is 2.18. The van der Waals surface area contributed by atoms with Crippen molar-refractivity contribution in [2.75, 3.05) is 0 Å². The maximum absolute atomic E-state index is 14.8. The van der Waals surface area contributed by atoms with Gasteiger partial charge in [0.05, 0.1) is 0 Å². The number of hydrogen-bond donors (Lipinski definition) is 0. The highest BCUT2D eigenvalue weighted by atomic mass is 19.1. The molecule has 0 nitrogen and oxygen atoms in total. The second kappa shape index (κ2) is 16.9. The Morgan fingerprint density at radius 2 is 1.12 bits per heavy atom. The van der Waals surface area contributed by atoms with Crippen LogP contribution in [0.4, 0.5) is 4.39 Å². The monoisotopic (exact) mass is 470 g/mol. The zero-order valence-corrected chi connectivity index (χ0v) is 23.9. The van der Waals surface area contributed by atoms with Crippen molar-refractivity contribution in [3.05, 3.63) is 72.7 Å². The molecule has 0 N–H and O–H groups in total. The first kappa shape index (κ1) is 32.4. The van der Waals surface area contributed by atoms with Crippen molar-refractivity contribution in [3.63, 3.8) is 0 Å². The minimum Gasteiger partial charge on any atom is -0.207 e. The van der Waals surface area contributed by atoms with Crippen molar-refractivity contribution in [3.8, 4) is 0 Å². The van der Waals surface area contributed by atoms with Gasteiger partial charge in [0.2, 0.25) is 0 Å². The third-order valence-electron chi connectivity index (χ3n) is 7.73. The van der Waals surface area contributed by atoms with Crippen LogP contribution < -0.4 is 0 Å². The lowest BCUT2D eigenvalue weighted by atomic mass is 9.82. The van der Waals surface area contributed by atoms with Gasteiger partial charge in [-0.15, -0.1) is 0 Å². The third-order valence-corrected chi connectivity index (χ3v) is 7.73. The largest absolute Gasteiger partial charge is 0.207 e. The molecule has 0 aliphatic carbocycles. The Labute approximate surface area is 212 Å². The molecular formula is C33H55F. The Hall–Kier alpha value is -1.63. The predicted octanol–water partition coefficient (Wildman–Crippen LogP) is 11.2. The average molecular weight is 471 g/mol. The van der Waals surface area contributed by atoms with Gasteiger partial charge in [0.25, 0.3) is 0 Å². The minimum absolute atomic E-state index is 0.139. The van der Waals surface area contributed by atoms with E-state index in [9.17, 15) is 4.39 Å². The van der Waals surface area contributed by atoms with E-state index in [-0.39, 0.29) is 11.7 Å². The molecule has 0 aromatic rings. The van der Waals surface area contributed by atoms with Crippen LogP contribution in [-0.4, -0.2) is 0 Å². The third kappa shape index (κ3) is 13.3. The van der Waals surface area contributed by atoms with Crippen LogP contribution in [0.25, 0.3) is 0 Å². The lowest BCUT2D eigenvalue weighted by Gasteiger charge is -2.24. The number of halogens is 1. The average Bonchev–Trinajstić information content (AvgIpc) is 2.80. The summed E-state index contributed by atoms with van der Waals surface area (Å²) >= 11 is 0. The summed E-state index contributed by atoms with van der Waals surface area (Å²) in [5, 5.41) is 0. The van der Waals surface area contributed by atoms with Crippen molar-refractivity contribution in [2.24, 2.45) is 35.5 Å². The molecule has 0 aromatic heterocycles. The van der Waals surface area contributed by atoms with Gasteiger partial charge in [-0.05, 0) is 91.3 Å². The first-order valence-electron chi connectivity index (χ1n) is 13.6. The fourth-order valence-electron chi connectivity index (χ4n) is 3.86. The molecule has 1 heteroatoms. The molecule has 0 rings (SSSR count). The van der Waals surface area contributed by atoms with E-state index in [1.807, 2.05) is 0 Å². The topological polar surface area (TPSA) is 0 Å². The van der Waals surface area contributed by atoms with Gasteiger partial charge in [-0.3, -0.25) is 0 Å². The molecule has 0 fully saturated rings. The van der Waals surface area contributed by atoms with Gasteiger partial charge in [-0.1, -0.05) is 111 Å². The molecule has 0 saturated carbocycles. The Kier molecular flexibility index (Phi) is 16.1. The van der Waals surface area contributed by atoms with Crippen molar-refractivity contribution in [1.29, 1.82) is 0 Å². The summed E-state index contributed by atoms with van der Waals surface area (Å²) in [6, 6.07) is 0. The lowest BCUT2D eigenvalue weighted by Crippen LogP contribution is -2.12. The van der Waals surface area contributed by atoms with E-state index in [1.165, 1.54) is 12.0 Å². The summed E-state index contributed by atoms with van der Waals surface area (Å²) in [7, 11) is 0. The molecule has 0 aromatic carbocycles. The highest BCUT2D eigenvalue weighted by molar-refractivity contribution is 5.32. The SMILES string of the molecule is C=C(/C=C\C(=C)C(C)CCC(C)C(C)CCC(C)C(=C)/C(F)=C\C(=C)C(C)CCC(C)C)CC. The van der Waals surface area contributed by atoms with Crippen molar-refractivity contribution in [2.45, 2.75) is 100 Å². The standard InChI is InChI=1S/C33H55F/c1-13-24(4)15-17-25(5)26(6)18-19-27(7)28(8)20-21-30(10)32(12)33(34)22-31(11)29(9)16-14-23(2)3/h15,17,22-23,26-30H,4-5,11-14,16,18-21H2,1-3,6-10H3/b17-15-,33-22+. The predicted molar refractivity (Wildman–Crippen MR) is 154 cm³/mol. The fourth-order valence-corrected chi connectivity index (χ4v) is 3.86. The molecule has 0 saturated heterocycles. The first-order valence-corrected chi connectivity index (χ1v) is 13.6. The summed E-state index contributed by atoms with van der Waals surface area (Å²) in [6.07, 6.45) is 13.4. The molecular weight excluding hydrogens is 415 g/mol. The van der Waals surface area contributed by atoms with E-state index in [0.717, 1.165) is 49.7 Å². The quantitative estimate of drug-likeness (QED) is 0.175. The zero-order valence-electron chi connectivity index (χ0n) is 23.9. The summed E-state index contributed by atoms with van der Waals surface area (Å²) in [5.41, 5.74) is 3.81. The molecule has 0 aliphatic rings. The van der Waals surface area contributed by atoms with E-state index >= 15 is 0 Å². The first-order chi connectivity index (χ1) is 15.8. The van der Waals surface area contributed by atoms with E-state index in [1.54, 1.807) is 6.08 Å². The molecule has 5 atom stereocenters. The fraction of sp³-hybridized carbons (Fsp3) is 0.636. The molecule has 0 radical (unpaired) electrons. The Morgan fingerprint density at radius 3 is 1.62 bits per heavy atom. The molecule has 34 heavy (non-hydrogen) atoms. The van der Waals surface area contributed by atoms with Crippen LogP contribution in [-0.2, 0) is 0 Å². The van der Waals surface area contributed by atoms with E-state index in [4.69, 9.17) is 0 Å². The number of rotatable bonds is 18. The second-order valence-corrected chi connectivity index (χ2v) is 11.3. The smallest absolute Gasteiger partial charge is 0.126 e. The van der Waals surface area contributed by atoms with Gasteiger partial charge in [-0.25, -0.2) is 4.39 Å². The number of allylic oxidation sites excluding steroid dienone is 8. The van der Waals surface area contributed by atoms with Crippen LogP contribution in [0, 0.1) is 35.5 Å². The maximum Gasteiger partial charge on any atom is 0.126 e. The molecule has 5 unspecified atom stereocenters. The van der Waals surface area contributed by atoms with E-state index < -0.39 is 0 Å². The maximum atomic E-state index is 14.8. The van der Waals surface area contributed by atoms with Crippen LogP contribution in [0.2, 0.25) is 0 Å². The van der Waals surface area contributed by atoms with Gasteiger partial charge < -0.3 is 0 Å². The van der Waals surface area contributed by atoms with Gasteiger partial charge in [-0.2, -0.15) is 0 Å². The summed E-state index contributed by atoms with van der Waals surface area (Å²) in [5.74, 6) is 2.62. The Morgan fingerprint density at radius 1 is 0.647 bits per heavy atom. The van der Waals surface area contributed by atoms with Crippen LogP contribution in [0.5, 0.6) is 0 Å². The summed E-state index contributed by atoms with van der Waals surface area (Å²) < 4.78 is 14.8. The second-order valence-electron chi connectivity index (χ2n) is 11.3. The van der Waals surface area contributed by atoms with Crippen molar-refractivity contribution >= 4 is 0 Å². The molecule has 0 bridgehead atoms. The molecule has 0 spiro atoms. The Bertz CT molecular complexity index is 717. The Balaban J connectivity index is 4.58. The normalized spacial score (nSPS) is 16.8. The molecule has 194 valence electrons. The highest BCUT2D eigenvalue weighted by Crippen LogP contribution is 2.31. The zero-order chi connectivity index (χ0) is 26.4. The summed E-state index contributed by atoms with van der Waals surface area (Å²) in [4.78, 5) is 0. The van der Waals surface area contributed by atoms with Gasteiger partial charge in [0.15, 0.2) is 0 Å². The van der Waals surface area contributed by atoms with Gasteiger partial charge in [0, 0.05) is 0 Å². The van der Waals surface area contributed by atoms with Gasteiger partial charge >= 0.3 is 0 Å². The molecule has 0 heterocycles. The lowest BCUT2D eigenvalue weighted by molar-refractivity contribution is 0.308. The van der Waals surface area contributed by atoms with E-state index in [2.05, 4.69) is 93.9 Å². The van der Waals surface area contributed by atoms with Crippen LogP contribution in [0.1, 0.15) is 100 Å². The van der Waals surface area contributed by atoms with Crippen molar-refractivity contribution < 1.29 is 4.39 Å². The minimum atomic E-state index is -0.194.